The van der Waals surface area contributed by atoms with E-state index in [1.807, 2.05) is 0 Å². The summed E-state index contributed by atoms with van der Waals surface area (Å²) in [5, 5.41) is 0. The lowest BCUT2D eigenvalue weighted by molar-refractivity contribution is 0.0111. The Labute approximate surface area is 128 Å². The first-order valence-corrected chi connectivity index (χ1v) is 8.10. The van der Waals surface area contributed by atoms with Gasteiger partial charge >= 0.3 is 0 Å². The predicted molar refractivity (Wildman–Crippen MR) is 86.0 cm³/mol. The van der Waals surface area contributed by atoms with Gasteiger partial charge in [-0.25, -0.2) is 0 Å². The molecule has 2 aliphatic rings. The molecule has 0 amide bonds. The molecule has 3 rings (SSSR count). The van der Waals surface area contributed by atoms with Crippen LogP contribution in [-0.4, -0.2) is 53.0 Å². The van der Waals surface area contributed by atoms with Gasteiger partial charge in [0.05, 0.1) is 5.69 Å². The van der Waals surface area contributed by atoms with Crippen LogP contribution in [0.25, 0.3) is 0 Å². The third-order valence-corrected chi connectivity index (χ3v) is 5.75. The molecule has 4 heteroatoms. The van der Waals surface area contributed by atoms with Crippen molar-refractivity contribution in [3.63, 3.8) is 0 Å². The molecule has 4 nitrogen and oxygen atoms in total. The molecule has 3 heterocycles. The van der Waals surface area contributed by atoms with E-state index in [1.165, 1.54) is 25.7 Å². The highest BCUT2D eigenvalue weighted by atomic mass is 15.3. The molecule has 2 aliphatic heterocycles. The number of nitrogens with two attached hydrogens (primary N) is 1. The Bertz CT molecular complexity index is 487. The third kappa shape index (κ3) is 2.72. The lowest BCUT2D eigenvalue weighted by Crippen LogP contribution is -2.60. The zero-order valence-electron chi connectivity index (χ0n) is 13.5. The molecule has 1 aromatic heterocycles. The van der Waals surface area contributed by atoms with Crippen LogP contribution >= 0.6 is 0 Å². The van der Waals surface area contributed by atoms with Crippen LogP contribution in [0.4, 0.5) is 0 Å². The monoisotopic (exact) mass is 288 g/mol. The highest BCUT2D eigenvalue weighted by molar-refractivity contribution is 5.12. The summed E-state index contributed by atoms with van der Waals surface area (Å²) in [5.41, 5.74) is 8.62. The van der Waals surface area contributed by atoms with Crippen molar-refractivity contribution < 1.29 is 0 Å². The van der Waals surface area contributed by atoms with E-state index < -0.39 is 0 Å². The Morgan fingerprint density at radius 1 is 1.33 bits per heavy atom. The standard InChI is InChI=1S/C17H28N4/c1-13-5-4-6-14(19-13)11-20(2)17(12-18)9-15-7-8-16(10-17)21(15)3/h4-6,15-16H,7-12,18H2,1-3H3. The first-order chi connectivity index (χ1) is 10.0. The molecule has 2 atom stereocenters. The largest absolute Gasteiger partial charge is 0.329 e. The van der Waals surface area contributed by atoms with E-state index in [1.54, 1.807) is 0 Å². The quantitative estimate of drug-likeness (QED) is 0.917. The summed E-state index contributed by atoms with van der Waals surface area (Å²) >= 11 is 0. The highest BCUT2D eigenvalue weighted by Gasteiger charge is 2.48. The topological polar surface area (TPSA) is 45.4 Å². The fourth-order valence-corrected chi connectivity index (χ4v) is 4.28. The van der Waals surface area contributed by atoms with Crippen molar-refractivity contribution >= 4 is 0 Å². The van der Waals surface area contributed by atoms with Crippen molar-refractivity contribution in [2.75, 3.05) is 20.6 Å². The van der Waals surface area contributed by atoms with Crippen LogP contribution in [-0.2, 0) is 6.54 Å². The Kier molecular flexibility index (Phi) is 4.04. The summed E-state index contributed by atoms with van der Waals surface area (Å²) in [4.78, 5) is 9.69. The normalized spacial score (nSPS) is 32.8. The maximum atomic E-state index is 6.24. The van der Waals surface area contributed by atoms with Gasteiger partial charge in [0.25, 0.3) is 0 Å². The zero-order valence-corrected chi connectivity index (χ0v) is 13.5. The summed E-state index contributed by atoms with van der Waals surface area (Å²) in [6.45, 7) is 3.69. The summed E-state index contributed by atoms with van der Waals surface area (Å²) in [7, 11) is 4.51. The van der Waals surface area contributed by atoms with Gasteiger partial charge in [0.2, 0.25) is 0 Å². The van der Waals surface area contributed by atoms with Crippen molar-refractivity contribution in [2.45, 2.75) is 56.8 Å². The van der Waals surface area contributed by atoms with Crippen molar-refractivity contribution in [1.82, 2.24) is 14.8 Å². The second kappa shape index (κ2) is 5.67. The molecule has 0 spiro atoms. The smallest absolute Gasteiger partial charge is 0.0547 e. The molecule has 21 heavy (non-hydrogen) atoms. The summed E-state index contributed by atoms with van der Waals surface area (Å²) in [6.07, 6.45) is 5.05. The SMILES string of the molecule is Cc1cccc(CN(C)C2(CN)CC3CCC(C2)N3C)n1. The molecule has 2 bridgehead atoms. The second-order valence-electron chi connectivity index (χ2n) is 7.01. The third-order valence-electron chi connectivity index (χ3n) is 5.75. The number of likely N-dealkylation sites (N-methyl/N-ethyl adjacent to an activating group) is 1. The maximum absolute atomic E-state index is 6.24. The first kappa shape index (κ1) is 14.9. The number of rotatable bonds is 4. The number of fused-ring (bicyclic) bond motifs is 2. The summed E-state index contributed by atoms with van der Waals surface area (Å²) in [6, 6.07) is 7.69. The maximum Gasteiger partial charge on any atom is 0.0547 e. The van der Waals surface area contributed by atoms with Gasteiger partial charge in [-0.15, -0.1) is 0 Å². The molecule has 116 valence electrons. The molecule has 2 fully saturated rings. The van der Waals surface area contributed by atoms with Gasteiger partial charge in [-0.05, 0) is 58.8 Å². The van der Waals surface area contributed by atoms with Crippen molar-refractivity contribution in [3.8, 4) is 0 Å². The predicted octanol–water partition coefficient (Wildman–Crippen LogP) is 1.78. The van der Waals surface area contributed by atoms with Gasteiger partial charge in [0.1, 0.15) is 0 Å². The highest BCUT2D eigenvalue weighted by Crippen LogP contribution is 2.42. The lowest BCUT2D eigenvalue weighted by Gasteiger charge is -2.49. The lowest BCUT2D eigenvalue weighted by atomic mass is 9.81. The molecule has 1 aromatic rings. The van der Waals surface area contributed by atoms with Crippen molar-refractivity contribution in [2.24, 2.45) is 5.73 Å². The molecule has 0 saturated carbocycles. The fraction of sp³-hybridized carbons (Fsp3) is 0.706. The molecule has 2 unspecified atom stereocenters. The fourth-order valence-electron chi connectivity index (χ4n) is 4.28. The number of hydrogen-bond donors (Lipinski definition) is 1. The van der Waals surface area contributed by atoms with Crippen LogP contribution in [0.1, 0.15) is 37.1 Å². The minimum atomic E-state index is 0.143. The van der Waals surface area contributed by atoms with Crippen LogP contribution in [0.5, 0.6) is 0 Å². The van der Waals surface area contributed by atoms with Gasteiger partial charge in [-0.2, -0.15) is 0 Å². The van der Waals surface area contributed by atoms with E-state index in [-0.39, 0.29) is 5.54 Å². The molecule has 2 saturated heterocycles. The second-order valence-corrected chi connectivity index (χ2v) is 7.01. The Morgan fingerprint density at radius 2 is 2.00 bits per heavy atom. The van der Waals surface area contributed by atoms with Gasteiger partial charge in [-0.1, -0.05) is 6.07 Å². The van der Waals surface area contributed by atoms with E-state index in [4.69, 9.17) is 5.73 Å². The van der Waals surface area contributed by atoms with Crippen LogP contribution < -0.4 is 5.73 Å². The number of aromatic nitrogens is 1. The van der Waals surface area contributed by atoms with E-state index in [0.717, 1.165) is 24.5 Å². The minimum Gasteiger partial charge on any atom is -0.329 e. The number of nitrogens with zero attached hydrogens (tertiary/aromatic N) is 3. The number of pyridine rings is 1. The van der Waals surface area contributed by atoms with Gasteiger partial charge in [0, 0.05) is 36.4 Å². The van der Waals surface area contributed by atoms with Crippen molar-refractivity contribution in [1.29, 1.82) is 0 Å². The van der Waals surface area contributed by atoms with E-state index in [2.05, 4.69) is 54.0 Å². The molecule has 0 aromatic carbocycles. The molecule has 0 radical (unpaired) electrons. The average Bonchev–Trinajstić information content (AvgIpc) is 2.70. The van der Waals surface area contributed by atoms with E-state index in [9.17, 15) is 0 Å². The Hall–Kier alpha value is -0.970. The number of piperidine rings is 1. The Morgan fingerprint density at radius 3 is 2.57 bits per heavy atom. The summed E-state index contributed by atoms with van der Waals surface area (Å²) in [5.74, 6) is 0. The van der Waals surface area contributed by atoms with Gasteiger partial charge in [0.15, 0.2) is 0 Å². The number of aryl methyl sites for hydroxylation is 1. The minimum absolute atomic E-state index is 0.143. The van der Waals surface area contributed by atoms with Crippen LogP contribution in [0.3, 0.4) is 0 Å². The molecular formula is C17H28N4. The Balaban J connectivity index is 1.77. The van der Waals surface area contributed by atoms with Gasteiger partial charge in [-0.3, -0.25) is 9.88 Å². The first-order valence-electron chi connectivity index (χ1n) is 8.10. The van der Waals surface area contributed by atoms with E-state index in [0.29, 0.717) is 12.1 Å². The average molecular weight is 288 g/mol. The van der Waals surface area contributed by atoms with Gasteiger partial charge < -0.3 is 10.6 Å². The van der Waals surface area contributed by atoms with Crippen LogP contribution in [0, 0.1) is 6.92 Å². The molecular weight excluding hydrogens is 260 g/mol. The number of hydrogen-bond acceptors (Lipinski definition) is 4. The van der Waals surface area contributed by atoms with E-state index >= 15 is 0 Å². The van der Waals surface area contributed by atoms with Crippen molar-refractivity contribution in [3.05, 3.63) is 29.6 Å². The zero-order chi connectivity index (χ0) is 15.0. The van der Waals surface area contributed by atoms with Crippen LogP contribution in [0.2, 0.25) is 0 Å². The molecule has 0 aliphatic carbocycles. The molecule has 2 N–H and O–H groups in total. The summed E-state index contributed by atoms with van der Waals surface area (Å²) < 4.78 is 0. The van der Waals surface area contributed by atoms with Crippen LogP contribution in [0.15, 0.2) is 18.2 Å².